The number of benzene rings is 2. The number of hydrogen-bond acceptors (Lipinski definition) is 7. The Bertz CT molecular complexity index is 1340. The monoisotopic (exact) mass is 434 g/mol. The van der Waals surface area contributed by atoms with Gasteiger partial charge in [-0.1, -0.05) is 11.2 Å². The molecule has 0 aliphatic rings. The second-order valence-electron chi connectivity index (χ2n) is 7.19. The summed E-state index contributed by atoms with van der Waals surface area (Å²) in [6.45, 7) is 3.31. The highest BCUT2D eigenvalue weighted by Crippen LogP contribution is 2.29. The Balaban J connectivity index is 1.77. The van der Waals surface area contributed by atoms with Crippen molar-refractivity contribution in [2.75, 3.05) is 19.5 Å². The van der Waals surface area contributed by atoms with Gasteiger partial charge in [0.2, 0.25) is 5.91 Å². The quantitative estimate of drug-likeness (QED) is 0.494. The maximum atomic E-state index is 13.1. The number of nitrogens with zero attached hydrogens (tertiary/aromatic N) is 3. The zero-order valence-electron chi connectivity index (χ0n) is 18.1. The highest BCUT2D eigenvalue weighted by Gasteiger charge is 2.24. The minimum absolute atomic E-state index is 0.115. The lowest BCUT2D eigenvalue weighted by Crippen LogP contribution is -2.34. The van der Waals surface area contributed by atoms with Gasteiger partial charge in [0.1, 0.15) is 29.0 Å². The van der Waals surface area contributed by atoms with E-state index in [1.165, 1.54) is 0 Å². The molecule has 2 aromatic carbocycles. The van der Waals surface area contributed by atoms with E-state index < -0.39 is 17.5 Å². The molecular weight excluding hydrogens is 412 g/mol. The Kier molecular flexibility index (Phi) is 5.63. The van der Waals surface area contributed by atoms with Gasteiger partial charge in [-0.25, -0.2) is 4.68 Å². The predicted octanol–water partition coefficient (Wildman–Crippen LogP) is 3.58. The smallest absolute Gasteiger partial charge is 0.297 e. The summed E-state index contributed by atoms with van der Waals surface area (Å²) in [4.78, 5) is 26.0. The van der Waals surface area contributed by atoms with E-state index in [1.807, 2.05) is 12.1 Å². The van der Waals surface area contributed by atoms with Crippen molar-refractivity contribution in [2.24, 2.45) is 0 Å². The van der Waals surface area contributed by atoms with Crippen LogP contribution in [0.3, 0.4) is 0 Å². The second kappa shape index (κ2) is 8.54. The third-order valence-corrected chi connectivity index (χ3v) is 5.16. The summed E-state index contributed by atoms with van der Waals surface area (Å²) in [5.41, 5.74) is 1.37. The molecule has 1 N–H and O–H groups in total. The lowest BCUT2D eigenvalue weighted by atomic mass is 10.1. The zero-order chi connectivity index (χ0) is 22.8. The first-order chi connectivity index (χ1) is 15.4. The van der Waals surface area contributed by atoms with Gasteiger partial charge in [0.05, 0.1) is 19.6 Å². The van der Waals surface area contributed by atoms with Crippen molar-refractivity contribution in [3.63, 3.8) is 0 Å². The van der Waals surface area contributed by atoms with E-state index in [9.17, 15) is 9.59 Å². The van der Waals surface area contributed by atoms with Crippen molar-refractivity contribution in [3.05, 3.63) is 64.6 Å². The minimum atomic E-state index is -0.910. The van der Waals surface area contributed by atoms with Gasteiger partial charge in [-0.05, 0) is 50.2 Å². The third kappa shape index (κ3) is 3.80. The Morgan fingerprint density at radius 2 is 1.81 bits per heavy atom. The van der Waals surface area contributed by atoms with Gasteiger partial charge < -0.3 is 19.3 Å². The number of nitrogens with one attached hydrogen (secondary N) is 1. The van der Waals surface area contributed by atoms with E-state index in [-0.39, 0.29) is 5.52 Å². The molecule has 0 spiro atoms. The number of carbonyl (C=O) groups excluding carboxylic acids is 1. The van der Waals surface area contributed by atoms with Crippen LogP contribution in [0.15, 0.2) is 57.8 Å². The summed E-state index contributed by atoms with van der Waals surface area (Å²) in [6, 6.07) is 13.3. The Hall–Kier alpha value is -4.14. The summed E-state index contributed by atoms with van der Waals surface area (Å²) in [5, 5.41) is 11.8. The molecule has 0 aliphatic heterocycles. The number of ether oxygens (including phenoxy) is 2. The molecule has 32 heavy (non-hydrogen) atoms. The van der Waals surface area contributed by atoms with Crippen molar-refractivity contribution in [1.29, 1.82) is 0 Å². The molecule has 0 saturated carbocycles. The topological polar surface area (TPSA) is 108 Å². The molecule has 2 heterocycles. The van der Waals surface area contributed by atoms with Crippen molar-refractivity contribution < 1.29 is 18.8 Å². The average molecular weight is 434 g/mol. The molecular formula is C23H22N4O5. The summed E-state index contributed by atoms with van der Waals surface area (Å²) in [5.74, 6) is 1.35. The predicted molar refractivity (Wildman–Crippen MR) is 119 cm³/mol. The van der Waals surface area contributed by atoms with Gasteiger partial charge in [-0.15, -0.1) is 0 Å². The van der Waals surface area contributed by atoms with Gasteiger partial charge in [0.15, 0.2) is 5.52 Å². The molecule has 1 atom stereocenters. The van der Waals surface area contributed by atoms with Crippen LogP contribution in [0.1, 0.15) is 18.7 Å². The molecule has 0 unspecified atom stereocenters. The highest BCUT2D eigenvalue weighted by atomic mass is 16.5. The Morgan fingerprint density at radius 3 is 2.50 bits per heavy atom. The molecule has 1 amide bonds. The van der Waals surface area contributed by atoms with Gasteiger partial charge >= 0.3 is 0 Å². The molecule has 0 aliphatic carbocycles. The third-order valence-electron chi connectivity index (χ3n) is 5.16. The first-order valence-electron chi connectivity index (χ1n) is 9.91. The Morgan fingerprint density at radius 1 is 1.09 bits per heavy atom. The number of fused-ring (bicyclic) bond motifs is 1. The van der Waals surface area contributed by atoms with Crippen LogP contribution in [-0.2, 0) is 4.79 Å². The van der Waals surface area contributed by atoms with Crippen LogP contribution in [0, 0.1) is 6.92 Å². The summed E-state index contributed by atoms with van der Waals surface area (Å²) in [7, 11) is 3.13. The second-order valence-corrected chi connectivity index (χ2v) is 7.19. The number of aromatic nitrogens is 3. The molecule has 2 aromatic heterocycles. The van der Waals surface area contributed by atoms with E-state index in [4.69, 9.17) is 14.0 Å². The number of aryl methyl sites for hydroxylation is 1. The van der Waals surface area contributed by atoms with E-state index in [1.54, 1.807) is 64.5 Å². The van der Waals surface area contributed by atoms with E-state index in [0.29, 0.717) is 34.0 Å². The first kappa shape index (κ1) is 21.1. The average Bonchev–Trinajstić information content (AvgIpc) is 3.21. The minimum Gasteiger partial charge on any atom is -0.497 e. The van der Waals surface area contributed by atoms with Gasteiger partial charge in [-0.2, -0.15) is 5.10 Å². The summed E-state index contributed by atoms with van der Waals surface area (Å²) < 4.78 is 16.8. The van der Waals surface area contributed by atoms with E-state index in [2.05, 4.69) is 15.6 Å². The maximum Gasteiger partial charge on any atom is 0.297 e. The van der Waals surface area contributed by atoms with Crippen LogP contribution in [0.5, 0.6) is 11.5 Å². The molecule has 0 fully saturated rings. The van der Waals surface area contributed by atoms with Crippen molar-refractivity contribution in [1.82, 2.24) is 14.9 Å². The lowest BCUT2D eigenvalue weighted by molar-refractivity contribution is -0.119. The number of hydrogen-bond donors (Lipinski definition) is 1. The number of amides is 1. The highest BCUT2D eigenvalue weighted by molar-refractivity contribution is 5.95. The van der Waals surface area contributed by atoms with Crippen molar-refractivity contribution in [2.45, 2.75) is 19.9 Å². The van der Waals surface area contributed by atoms with Gasteiger partial charge in [-0.3, -0.25) is 9.59 Å². The van der Waals surface area contributed by atoms with Crippen LogP contribution in [0.25, 0.3) is 22.2 Å². The summed E-state index contributed by atoms with van der Waals surface area (Å²) >= 11 is 0. The summed E-state index contributed by atoms with van der Waals surface area (Å²) in [6.07, 6.45) is 0. The first-order valence-corrected chi connectivity index (χ1v) is 9.91. The molecule has 9 nitrogen and oxygen atoms in total. The molecule has 0 saturated heterocycles. The molecule has 164 valence electrons. The number of carbonyl (C=O) groups is 1. The largest absolute Gasteiger partial charge is 0.497 e. The van der Waals surface area contributed by atoms with Crippen LogP contribution >= 0.6 is 0 Å². The number of methoxy groups -OCH3 is 2. The van der Waals surface area contributed by atoms with E-state index in [0.717, 1.165) is 10.2 Å². The van der Waals surface area contributed by atoms with Crippen LogP contribution < -0.4 is 20.3 Å². The SMILES string of the molecule is COc1ccc(-c2nn([C@@H](C)C(=O)Nc3cccc(OC)c3)c(=O)c3noc(C)c23)cc1. The molecule has 4 aromatic rings. The molecule has 0 bridgehead atoms. The van der Waals surface area contributed by atoms with Crippen LogP contribution in [0.4, 0.5) is 5.69 Å². The van der Waals surface area contributed by atoms with Crippen LogP contribution in [0.2, 0.25) is 0 Å². The standard InChI is InChI=1S/C23H22N4O5/c1-13(22(28)24-16-6-5-7-18(12-16)31-4)27-23(29)21-19(14(2)32-26-21)20(25-27)15-8-10-17(30-3)11-9-15/h5-13H,1-4H3,(H,24,28)/t13-/m0/s1. The van der Waals surface area contributed by atoms with Gasteiger partial charge in [0, 0.05) is 17.3 Å². The number of anilines is 1. The fraction of sp³-hybridized carbons (Fsp3) is 0.217. The maximum absolute atomic E-state index is 13.1. The van der Waals surface area contributed by atoms with E-state index >= 15 is 0 Å². The fourth-order valence-corrected chi connectivity index (χ4v) is 3.38. The van der Waals surface area contributed by atoms with Gasteiger partial charge in [0.25, 0.3) is 5.56 Å². The lowest BCUT2D eigenvalue weighted by Gasteiger charge is -2.16. The zero-order valence-corrected chi connectivity index (χ0v) is 18.1. The van der Waals surface area contributed by atoms with Crippen molar-refractivity contribution in [3.8, 4) is 22.8 Å². The Labute approximate surface area is 183 Å². The molecule has 9 heteroatoms. The van der Waals surface area contributed by atoms with Crippen LogP contribution in [-0.4, -0.2) is 35.1 Å². The van der Waals surface area contributed by atoms with Crippen molar-refractivity contribution >= 4 is 22.5 Å². The molecule has 0 radical (unpaired) electrons. The molecule has 4 rings (SSSR count). The fourth-order valence-electron chi connectivity index (χ4n) is 3.38. The normalized spacial score (nSPS) is 11.9. The number of rotatable bonds is 6.